The van der Waals surface area contributed by atoms with Gasteiger partial charge in [0, 0.05) is 0 Å². The summed E-state index contributed by atoms with van der Waals surface area (Å²) in [6, 6.07) is 18.0. The molecule has 2 rings (SSSR count). The minimum atomic E-state index is -1.30. The molecular formula is C20H20O6. The molecule has 26 heavy (non-hydrogen) atoms. The van der Waals surface area contributed by atoms with Crippen LogP contribution in [0.4, 0.5) is 0 Å². The van der Waals surface area contributed by atoms with Crippen LogP contribution in [-0.4, -0.2) is 37.7 Å². The predicted molar refractivity (Wildman–Crippen MR) is 93.1 cm³/mol. The number of methoxy groups -OCH3 is 1. The highest BCUT2D eigenvalue weighted by Gasteiger charge is 2.25. The first-order chi connectivity index (χ1) is 12.6. The summed E-state index contributed by atoms with van der Waals surface area (Å²) in [5, 5.41) is 0. The second kappa shape index (κ2) is 9.98. The average molecular weight is 356 g/mol. The lowest BCUT2D eigenvalue weighted by atomic mass is 10.1. The van der Waals surface area contributed by atoms with E-state index >= 15 is 0 Å². The van der Waals surface area contributed by atoms with E-state index in [-0.39, 0.29) is 12.8 Å². The summed E-state index contributed by atoms with van der Waals surface area (Å²) in [6.45, 7) is -0.390. The van der Waals surface area contributed by atoms with Crippen LogP contribution >= 0.6 is 0 Å². The molecule has 0 N–H and O–H groups in total. The molecule has 6 nitrogen and oxygen atoms in total. The molecule has 0 fully saturated rings. The topological polar surface area (TPSA) is 78.9 Å². The monoisotopic (exact) mass is 356 g/mol. The van der Waals surface area contributed by atoms with Gasteiger partial charge < -0.3 is 14.2 Å². The summed E-state index contributed by atoms with van der Waals surface area (Å²) in [7, 11) is 1.17. The number of carbonyl (C=O) groups is 3. The van der Waals surface area contributed by atoms with Crippen LogP contribution in [-0.2, 0) is 41.4 Å². The molecule has 0 unspecified atom stereocenters. The van der Waals surface area contributed by atoms with Gasteiger partial charge in [0.2, 0.25) is 6.10 Å². The molecule has 0 spiro atoms. The molecule has 0 aromatic heterocycles. The van der Waals surface area contributed by atoms with Crippen molar-refractivity contribution in [2.24, 2.45) is 0 Å². The Morgan fingerprint density at radius 1 is 0.808 bits per heavy atom. The van der Waals surface area contributed by atoms with Crippen molar-refractivity contribution in [2.75, 3.05) is 13.7 Å². The highest BCUT2D eigenvalue weighted by Crippen LogP contribution is 2.06. The molecule has 0 radical (unpaired) electrons. The van der Waals surface area contributed by atoms with Crippen molar-refractivity contribution in [3.05, 3.63) is 71.8 Å². The number of ether oxygens (including phenoxy) is 3. The maximum atomic E-state index is 12.0. The van der Waals surface area contributed by atoms with Gasteiger partial charge in [-0.05, 0) is 11.1 Å². The largest absolute Gasteiger partial charge is 0.466 e. The summed E-state index contributed by atoms with van der Waals surface area (Å²) >= 11 is 0. The molecule has 2 aromatic rings. The quantitative estimate of drug-likeness (QED) is 0.532. The van der Waals surface area contributed by atoms with Gasteiger partial charge in [0.1, 0.15) is 6.61 Å². The normalized spacial score (nSPS) is 11.3. The van der Waals surface area contributed by atoms with Gasteiger partial charge in [-0.2, -0.15) is 0 Å². The van der Waals surface area contributed by atoms with Crippen LogP contribution in [0.2, 0.25) is 0 Å². The van der Waals surface area contributed by atoms with E-state index in [4.69, 9.17) is 9.47 Å². The fraction of sp³-hybridized carbons (Fsp3) is 0.250. The maximum Gasteiger partial charge on any atom is 0.350 e. The van der Waals surface area contributed by atoms with Gasteiger partial charge in [-0.1, -0.05) is 60.7 Å². The molecule has 0 saturated carbocycles. The van der Waals surface area contributed by atoms with Crippen LogP contribution in [0.5, 0.6) is 0 Å². The van der Waals surface area contributed by atoms with E-state index < -0.39 is 30.6 Å². The molecule has 2 aromatic carbocycles. The van der Waals surface area contributed by atoms with E-state index in [2.05, 4.69) is 4.74 Å². The lowest BCUT2D eigenvalue weighted by molar-refractivity contribution is -0.172. The smallest absolute Gasteiger partial charge is 0.350 e. The van der Waals surface area contributed by atoms with Crippen LogP contribution in [0, 0.1) is 0 Å². The lowest BCUT2D eigenvalue weighted by Gasteiger charge is -2.16. The van der Waals surface area contributed by atoms with Gasteiger partial charge in [-0.15, -0.1) is 0 Å². The third-order valence-corrected chi connectivity index (χ3v) is 3.52. The SMILES string of the molecule is COC(=O)[C@H](COC(=O)Cc1ccccc1)OC(=O)Cc1ccccc1. The predicted octanol–water partition coefficient (Wildman–Crippen LogP) is 2.10. The molecule has 0 saturated heterocycles. The van der Waals surface area contributed by atoms with Crippen molar-refractivity contribution in [3.63, 3.8) is 0 Å². The van der Waals surface area contributed by atoms with Crippen LogP contribution in [0.15, 0.2) is 60.7 Å². The first kappa shape index (κ1) is 19.2. The number of rotatable bonds is 8. The summed E-state index contributed by atoms with van der Waals surface area (Å²) in [6.07, 6.45) is -1.23. The first-order valence-electron chi connectivity index (χ1n) is 8.09. The highest BCUT2D eigenvalue weighted by atomic mass is 16.6. The van der Waals surface area contributed by atoms with E-state index in [0.29, 0.717) is 0 Å². The van der Waals surface area contributed by atoms with Gasteiger partial charge in [0.15, 0.2) is 0 Å². The fourth-order valence-electron chi connectivity index (χ4n) is 2.23. The van der Waals surface area contributed by atoms with E-state index in [1.54, 1.807) is 36.4 Å². The molecule has 136 valence electrons. The number of esters is 3. The van der Waals surface area contributed by atoms with E-state index in [1.165, 1.54) is 7.11 Å². The summed E-state index contributed by atoms with van der Waals surface area (Å²) in [5.74, 6) is -1.91. The van der Waals surface area contributed by atoms with Gasteiger partial charge in [0.25, 0.3) is 0 Å². The number of hydrogen-bond acceptors (Lipinski definition) is 6. The van der Waals surface area contributed by atoms with Crippen LogP contribution in [0.25, 0.3) is 0 Å². The summed E-state index contributed by atoms with van der Waals surface area (Å²) in [4.78, 5) is 35.7. The van der Waals surface area contributed by atoms with Gasteiger partial charge in [-0.25, -0.2) is 4.79 Å². The fourth-order valence-corrected chi connectivity index (χ4v) is 2.23. The Morgan fingerprint density at radius 2 is 1.31 bits per heavy atom. The molecule has 1 atom stereocenters. The zero-order chi connectivity index (χ0) is 18.8. The van der Waals surface area contributed by atoms with Crippen molar-refractivity contribution in [3.8, 4) is 0 Å². The van der Waals surface area contributed by atoms with Crippen molar-refractivity contribution < 1.29 is 28.6 Å². The van der Waals surface area contributed by atoms with E-state index in [0.717, 1.165) is 11.1 Å². The Hall–Kier alpha value is -3.15. The molecule has 0 aliphatic carbocycles. The molecule has 0 aliphatic rings. The molecular weight excluding hydrogens is 336 g/mol. The second-order valence-corrected chi connectivity index (χ2v) is 5.51. The van der Waals surface area contributed by atoms with Crippen LogP contribution in [0.1, 0.15) is 11.1 Å². The Balaban J connectivity index is 1.87. The molecule has 0 amide bonds. The summed E-state index contributed by atoms with van der Waals surface area (Å²) < 4.78 is 14.8. The minimum absolute atomic E-state index is 0.00625. The summed E-state index contributed by atoms with van der Waals surface area (Å²) in [5.41, 5.74) is 1.54. The van der Waals surface area contributed by atoms with Gasteiger partial charge in [0.05, 0.1) is 20.0 Å². The number of benzene rings is 2. The number of hydrogen-bond donors (Lipinski definition) is 0. The zero-order valence-electron chi connectivity index (χ0n) is 14.4. The van der Waals surface area contributed by atoms with Crippen molar-refractivity contribution in [1.82, 2.24) is 0 Å². The number of carbonyl (C=O) groups excluding carboxylic acids is 3. The molecule has 0 bridgehead atoms. The third-order valence-electron chi connectivity index (χ3n) is 3.52. The van der Waals surface area contributed by atoms with Gasteiger partial charge in [-0.3, -0.25) is 9.59 Å². The van der Waals surface area contributed by atoms with Crippen LogP contribution < -0.4 is 0 Å². The van der Waals surface area contributed by atoms with Crippen LogP contribution in [0.3, 0.4) is 0 Å². The molecule has 0 heterocycles. The third kappa shape index (κ3) is 6.39. The zero-order valence-corrected chi connectivity index (χ0v) is 14.4. The average Bonchev–Trinajstić information content (AvgIpc) is 2.66. The Morgan fingerprint density at radius 3 is 1.81 bits per heavy atom. The van der Waals surface area contributed by atoms with Crippen molar-refractivity contribution in [1.29, 1.82) is 0 Å². The second-order valence-electron chi connectivity index (χ2n) is 5.51. The van der Waals surface area contributed by atoms with Crippen molar-refractivity contribution >= 4 is 17.9 Å². The molecule has 0 aliphatic heterocycles. The van der Waals surface area contributed by atoms with E-state index in [1.807, 2.05) is 24.3 Å². The van der Waals surface area contributed by atoms with E-state index in [9.17, 15) is 14.4 Å². The highest BCUT2D eigenvalue weighted by molar-refractivity contribution is 5.81. The maximum absolute atomic E-state index is 12.0. The van der Waals surface area contributed by atoms with Gasteiger partial charge >= 0.3 is 17.9 Å². The minimum Gasteiger partial charge on any atom is -0.466 e. The standard InChI is InChI=1S/C20H20O6/c1-24-20(23)17(26-19(22)13-16-10-6-3-7-11-16)14-25-18(21)12-15-8-4-2-5-9-15/h2-11,17H,12-14H2,1H3/t17-/m0/s1. The Labute approximate surface area is 151 Å². The lowest BCUT2D eigenvalue weighted by Crippen LogP contribution is -2.34. The Kier molecular flexibility index (Phi) is 7.36. The van der Waals surface area contributed by atoms with Crippen molar-refractivity contribution in [2.45, 2.75) is 18.9 Å². The first-order valence-corrected chi connectivity index (χ1v) is 8.09. The molecule has 6 heteroatoms. The Bertz CT molecular complexity index is 726.